The predicted octanol–water partition coefficient (Wildman–Crippen LogP) is 4.01. The SMILES string of the molecule is CCCCC(CC)COCCOC(=O)C(C)(C)C(=O)C(C)C. The molecule has 22 heavy (non-hydrogen) atoms. The summed E-state index contributed by atoms with van der Waals surface area (Å²) in [7, 11) is 0. The first-order chi connectivity index (χ1) is 10.3. The molecule has 0 heterocycles. The van der Waals surface area contributed by atoms with Crippen molar-refractivity contribution in [2.45, 2.75) is 67.2 Å². The van der Waals surface area contributed by atoms with Gasteiger partial charge in [-0.25, -0.2) is 0 Å². The van der Waals surface area contributed by atoms with Gasteiger partial charge in [-0.2, -0.15) is 0 Å². The third kappa shape index (κ3) is 7.39. The van der Waals surface area contributed by atoms with Crippen molar-refractivity contribution in [2.24, 2.45) is 17.3 Å². The molecule has 0 bridgehead atoms. The van der Waals surface area contributed by atoms with Crippen molar-refractivity contribution in [3.05, 3.63) is 0 Å². The molecular formula is C18H34O4. The number of carbonyl (C=O) groups excluding carboxylic acids is 2. The van der Waals surface area contributed by atoms with E-state index in [1.54, 1.807) is 27.7 Å². The molecule has 0 aromatic rings. The summed E-state index contributed by atoms with van der Waals surface area (Å²) in [4.78, 5) is 24.0. The second kappa shape index (κ2) is 10.8. The highest BCUT2D eigenvalue weighted by molar-refractivity contribution is 6.03. The van der Waals surface area contributed by atoms with Crippen molar-refractivity contribution in [2.75, 3.05) is 19.8 Å². The van der Waals surface area contributed by atoms with Crippen molar-refractivity contribution in [3.8, 4) is 0 Å². The molecule has 0 saturated carbocycles. The summed E-state index contributed by atoms with van der Waals surface area (Å²) in [5, 5.41) is 0. The number of rotatable bonds is 12. The van der Waals surface area contributed by atoms with Crippen molar-refractivity contribution < 1.29 is 19.1 Å². The molecule has 0 spiro atoms. The second-order valence-electron chi connectivity index (χ2n) is 6.77. The van der Waals surface area contributed by atoms with E-state index in [1.807, 2.05) is 0 Å². The average molecular weight is 314 g/mol. The maximum absolute atomic E-state index is 12.0. The van der Waals surface area contributed by atoms with Gasteiger partial charge >= 0.3 is 5.97 Å². The van der Waals surface area contributed by atoms with Crippen LogP contribution < -0.4 is 0 Å². The van der Waals surface area contributed by atoms with Gasteiger partial charge in [-0.1, -0.05) is 47.0 Å². The Bertz CT molecular complexity index is 334. The topological polar surface area (TPSA) is 52.6 Å². The molecule has 0 saturated heterocycles. The summed E-state index contributed by atoms with van der Waals surface area (Å²) in [6.45, 7) is 12.5. The summed E-state index contributed by atoms with van der Waals surface area (Å²) in [5.74, 6) is -0.158. The van der Waals surface area contributed by atoms with Gasteiger partial charge < -0.3 is 9.47 Å². The molecule has 0 amide bonds. The lowest BCUT2D eigenvalue weighted by molar-refractivity contribution is -0.160. The van der Waals surface area contributed by atoms with Gasteiger partial charge in [0, 0.05) is 12.5 Å². The molecule has 4 heteroatoms. The maximum Gasteiger partial charge on any atom is 0.319 e. The number of hydrogen-bond donors (Lipinski definition) is 0. The summed E-state index contributed by atoms with van der Waals surface area (Å²) in [5.41, 5.74) is -1.08. The van der Waals surface area contributed by atoms with E-state index in [2.05, 4.69) is 13.8 Å². The number of unbranched alkanes of at least 4 members (excludes halogenated alkanes) is 1. The molecular weight excluding hydrogens is 280 g/mol. The van der Waals surface area contributed by atoms with Crippen LogP contribution in [0.15, 0.2) is 0 Å². The van der Waals surface area contributed by atoms with Crippen LogP contribution in [0.5, 0.6) is 0 Å². The van der Waals surface area contributed by atoms with Crippen molar-refractivity contribution in [1.29, 1.82) is 0 Å². The zero-order chi connectivity index (χ0) is 17.2. The van der Waals surface area contributed by atoms with Gasteiger partial charge in [-0.15, -0.1) is 0 Å². The quantitative estimate of drug-likeness (QED) is 0.310. The third-order valence-electron chi connectivity index (χ3n) is 4.01. The Morgan fingerprint density at radius 1 is 1.09 bits per heavy atom. The molecule has 130 valence electrons. The van der Waals surface area contributed by atoms with Crippen LogP contribution in [0.2, 0.25) is 0 Å². The first-order valence-electron chi connectivity index (χ1n) is 8.56. The lowest BCUT2D eigenvalue weighted by atomic mass is 9.82. The van der Waals surface area contributed by atoms with Crippen LogP contribution >= 0.6 is 0 Å². The molecule has 4 nitrogen and oxygen atoms in total. The minimum absolute atomic E-state index is 0.0935. The molecule has 0 N–H and O–H groups in total. The van der Waals surface area contributed by atoms with Crippen LogP contribution in [0.25, 0.3) is 0 Å². The van der Waals surface area contributed by atoms with E-state index in [9.17, 15) is 9.59 Å². The standard InChI is InChI=1S/C18H34O4/c1-7-9-10-15(8-2)13-21-11-12-22-17(20)18(5,6)16(19)14(3)4/h14-15H,7-13H2,1-6H3. The van der Waals surface area contributed by atoms with Gasteiger partial charge in [0.15, 0.2) is 5.78 Å². The maximum atomic E-state index is 12.0. The highest BCUT2D eigenvalue weighted by Crippen LogP contribution is 2.23. The zero-order valence-electron chi connectivity index (χ0n) is 15.2. The number of hydrogen-bond acceptors (Lipinski definition) is 4. The van der Waals surface area contributed by atoms with Gasteiger partial charge in [-0.05, 0) is 26.2 Å². The van der Waals surface area contributed by atoms with Crippen LogP contribution in [-0.4, -0.2) is 31.6 Å². The highest BCUT2D eigenvalue weighted by atomic mass is 16.6. The largest absolute Gasteiger partial charge is 0.463 e. The van der Waals surface area contributed by atoms with Gasteiger partial charge in [-0.3, -0.25) is 9.59 Å². The number of carbonyl (C=O) groups is 2. The van der Waals surface area contributed by atoms with E-state index in [1.165, 1.54) is 19.3 Å². The molecule has 1 atom stereocenters. The summed E-state index contributed by atoms with van der Waals surface area (Å²) in [6, 6.07) is 0. The number of esters is 1. The zero-order valence-corrected chi connectivity index (χ0v) is 15.2. The van der Waals surface area contributed by atoms with Gasteiger partial charge in [0.25, 0.3) is 0 Å². The number of ketones is 1. The Morgan fingerprint density at radius 2 is 1.73 bits per heavy atom. The van der Waals surface area contributed by atoms with Crippen molar-refractivity contribution >= 4 is 11.8 Å². The van der Waals surface area contributed by atoms with E-state index < -0.39 is 11.4 Å². The smallest absolute Gasteiger partial charge is 0.319 e. The van der Waals surface area contributed by atoms with E-state index in [0.29, 0.717) is 19.1 Å². The highest BCUT2D eigenvalue weighted by Gasteiger charge is 2.38. The molecule has 0 radical (unpaired) electrons. The van der Waals surface area contributed by atoms with Gasteiger partial charge in [0.2, 0.25) is 0 Å². The predicted molar refractivity (Wildman–Crippen MR) is 88.7 cm³/mol. The number of Topliss-reactive ketones (excluding diaryl/α,β-unsaturated/α-hetero) is 1. The van der Waals surface area contributed by atoms with Crippen LogP contribution in [0, 0.1) is 17.3 Å². The molecule has 0 fully saturated rings. The number of ether oxygens (including phenoxy) is 2. The van der Waals surface area contributed by atoms with E-state index in [4.69, 9.17) is 9.47 Å². The fourth-order valence-electron chi connectivity index (χ4n) is 2.34. The normalized spacial score (nSPS) is 13.2. The fourth-order valence-corrected chi connectivity index (χ4v) is 2.34. The van der Waals surface area contributed by atoms with Crippen LogP contribution in [0.3, 0.4) is 0 Å². The first kappa shape index (κ1) is 21.1. The first-order valence-corrected chi connectivity index (χ1v) is 8.56. The van der Waals surface area contributed by atoms with Gasteiger partial charge in [0.1, 0.15) is 12.0 Å². The summed E-state index contributed by atoms with van der Waals surface area (Å²) < 4.78 is 10.8. The van der Waals surface area contributed by atoms with Crippen molar-refractivity contribution in [1.82, 2.24) is 0 Å². The minimum Gasteiger partial charge on any atom is -0.463 e. The molecule has 0 aliphatic carbocycles. The van der Waals surface area contributed by atoms with Gasteiger partial charge in [0.05, 0.1) is 6.61 Å². The Morgan fingerprint density at radius 3 is 2.23 bits per heavy atom. The van der Waals surface area contributed by atoms with Crippen LogP contribution in [0.4, 0.5) is 0 Å². The molecule has 0 aromatic carbocycles. The van der Waals surface area contributed by atoms with Crippen LogP contribution in [0.1, 0.15) is 67.2 Å². The Labute approximate surface area is 135 Å². The summed E-state index contributed by atoms with van der Waals surface area (Å²) >= 11 is 0. The Hall–Kier alpha value is -0.900. The molecule has 0 aliphatic rings. The Kier molecular flexibility index (Phi) is 10.3. The molecule has 0 rings (SSSR count). The second-order valence-corrected chi connectivity index (χ2v) is 6.77. The fraction of sp³-hybridized carbons (Fsp3) is 0.889. The Balaban J connectivity index is 4.00. The average Bonchev–Trinajstić information content (AvgIpc) is 2.48. The third-order valence-corrected chi connectivity index (χ3v) is 4.01. The lowest BCUT2D eigenvalue weighted by Gasteiger charge is -2.23. The van der Waals surface area contributed by atoms with Crippen molar-refractivity contribution in [3.63, 3.8) is 0 Å². The van der Waals surface area contributed by atoms with E-state index in [-0.39, 0.29) is 18.3 Å². The monoisotopic (exact) mass is 314 g/mol. The summed E-state index contributed by atoms with van der Waals surface area (Å²) in [6.07, 6.45) is 4.72. The molecule has 0 aromatic heterocycles. The minimum atomic E-state index is -1.08. The lowest BCUT2D eigenvalue weighted by Crippen LogP contribution is -2.38. The molecule has 0 aliphatic heterocycles. The van der Waals surface area contributed by atoms with E-state index in [0.717, 1.165) is 6.42 Å². The van der Waals surface area contributed by atoms with Crippen LogP contribution in [-0.2, 0) is 19.1 Å². The molecule has 1 unspecified atom stereocenters. The van der Waals surface area contributed by atoms with E-state index >= 15 is 0 Å².